The van der Waals surface area contributed by atoms with Crippen molar-refractivity contribution in [1.29, 1.82) is 0 Å². The van der Waals surface area contributed by atoms with Crippen LogP contribution in [0.4, 0.5) is 4.79 Å². The maximum absolute atomic E-state index is 11.8. The zero-order chi connectivity index (χ0) is 11.5. The molecule has 1 amide bonds. The molecule has 1 rings (SSSR count). The zero-order valence-corrected chi connectivity index (χ0v) is 10.2. The Kier molecular flexibility index (Phi) is 4.22. The molecule has 0 bridgehead atoms. The Balaban J connectivity index is 2.56. The molecule has 1 aliphatic heterocycles. The topological polar surface area (TPSA) is 38.8 Å². The first-order valence-corrected chi connectivity index (χ1v) is 5.61. The van der Waals surface area contributed by atoms with Crippen LogP contribution < -0.4 is 0 Å². The number of hydrogen-bond donors (Lipinski definition) is 0. The number of nitrogens with zero attached hydrogens (tertiary/aromatic N) is 1. The van der Waals surface area contributed by atoms with Gasteiger partial charge >= 0.3 is 6.09 Å². The minimum absolute atomic E-state index is 0.0738. The Bertz CT molecular complexity index is 227. The summed E-state index contributed by atoms with van der Waals surface area (Å²) >= 11 is 5.76. The highest BCUT2D eigenvalue weighted by Gasteiger charge is 2.30. The molecule has 0 aromatic rings. The number of halogens is 1. The molecular weight excluding hydrogens is 218 g/mol. The van der Waals surface area contributed by atoms with Crippen molar-refractivity contribution < 1.29 is 14.3 Å². The summed E-state index contributed by atoms with van der Waals surface area (Å²) in [6.07, 6.45) is -0.309. The normalized spacial score (nSPS) is 22.7. The van der Waals surface area contributed by atoms with E-state index in [1.807, 2.05) is 20.8 Å². The van der Waals surface area contributed by atoms with E-state index in [9.17, 15) is 4.79 Å². The lowest BCUT2D eigenvalue weighted by Gasteiger charge is -2.35. The summed E-state index contributed by atoms with van der Waals surface area (Å²) in [6.45, 7) is 7.13. The van der Waals surface area contributed by atoms with Crippen molar-refractivity contribution in [3.05, 3.63) is 0 Å². The minimum atomic E-state index is -0.466. The highest BCUT2D eigenvalue weighted by atomic mass is 35.5. The van der Waals surface area contributed by atoms with E-state index < -0.39 is 5.60 Å². The second kappa shape index (κ2) is 5.03. The molecule has 0 aromatic heterocycles. The number of ether oxygens (including phenoxy) is 2. The van der Waals surface area contributed by atoms with E-state index in [4.69, 9.17) is 21.1 Å². The maximum Gasteiger partial charge on any atom is 0.410 e. The number of morpholine rings is 1. The highest BCUT2D eigenvalue weighted by molar-refractivity contribution is 6.18. The standard InChI is InChI=1S/C10H18ClNO3/c1-10(2,3)15-9(13)12-4-5-14-7-8(12)6-11/h8H,4-7H2,1-3H3/t8-/m1/s1. The average molecular weight is 236 g/mol. The fraction of sp³-hybridized carbons (Fsp3) is 0.900. The number of carbonyl (C=O) groups is 1. The molecule has 1 fully saturated rings. The third-order valence-electron chi connectivity index (χ3n) is 2.03. The van der Waals surface area contributed by atoms with Gasteiger partial charge in [-0.05, 0) is 20.8 Å². The van der Waals surface area contributed by atoms with Crippen LogP contribution in [0.1, 0.15) is 20.8 Å². The molecular formula is C10H18ClNO3. The second-order valence-electron chi connectivity index (χ2n) is 4.56. The lowest BCUT2D eigenvalue weighted by atomic mass is 10.2. The van der Waals surface area contributed by atoms with Crippen molar-refractivity contribution in [2.24, 2.45) is 0 Å². The lowest BCUT2D eigenvalue weighted by molar-refractivity contribution is -0.0270. The van der Waals surface area contributed by atoms with Gasteiger partial charge in [-0.15, -0.1) is 11.6 Å². The first-order valence-electron chi connectivity index (χ1n) is 5.07. The minimum Gasteiger partial charge on any atom is -0.444 e. The van der Waals surface area contributed by atoms with Crippen LogP contribution in [-0.4, -0.2) is 48.3 Å². The van der Waals surface area contributed by atoms with Gasteiger partial charge in [-0.3, -0.25) is 4.90 Å². The van der Waals surface area contributed by atoms with E-state index in [1.54, 1.807) is 4.90 Å². The lowest BCUT2D eigenvalue weighted by Crippen LogP contribution is -2.51. The third kappa shape index (κ3) is 3.87. The molecule has 1 saturated heterocycles. The quantitative estimate of drug-likeness (QED) is 0.652. The van der Waals surface area contributed by atoms with Crippen LogP contribution in [0.15, 0.2) is 0 Å². The van der Waals surface area contributed by atoms with Gasteiger partial charge in [-0.25, -0.2) is 4.79 Å². The summed E-state index contributed by atoms with van der Waals surface area (Å²) in [4.78, 5) is 13.4. The van der Waals surface area contributed by atoms with Crippen molar-refractivity contribution in [2.45, 2.75) is 32.4 Å². The molecule has 1 aliphatic rings. The molecule has 0 radical (unpaired) electrons. The first kappa shape index (κ1) is 12.6. The predicted octanol–water partition coefficient (Wildman–Crippen LogP) is 1.86. The molecule has 0 saturated carbocycles. The Morgan fingerprint density at radius 2 is 2.27 bits per heavy atom. The molecule has 1 atom stereocenters. The highest BCUT2D eigenvalue weighted by Crippen LogP contribution is 2.15. The average Bonchev–Trinajstić information content (AvgIpc) is 2.15. The van der Waals surface area contributed by atoms with E-state index in [0.29, 0.717) is 25.6 Å². The van der Waals surface area contributed by atoms with E-state index in [-0.39, 0.29) is 12.1 Å². The molecule has 0 aliphatic carbocycles. The van der Waals surface area contributed by atoms with E-state index in [1.165, 1.54) is 0 Å². The van der Waals surface area contributed by atoms with Crippen LogP contribution in [0.5, 0.6) is 0 Å². The van der Waals surface area contributed by atoms with Crippen LogP contribution in [0.2, 0.25) is 0 Å². The van der Waals surface area contributed by atoms with Gasteiger partial charge in [0, 0.05) is 12.4 Å². The van der Waals surface area contributed by atoms with Gasteiger partial charge in [0.15, 0.2) is 0 Å². The molecule has 88 valence electrons. The summed E-state index contributed by atoms with van der Waals surface area (Å²) < 4.78 is 10.5. The van der Waals surface area contributed by atoms with Crippen molar-refractivity contribution in [1.82, 2.24) is 4.90 Å². The SMILES string of the molecule is CC(C)(C)OC(=O)N1CCOC[C@H]1CCl. The Labute approximate surface area is 95.5 Å². The van der Waals surface area contributed by atoms with Gasteiger partial charge in [-0.2, -0.15) is 0 Å². The van der Waals surface area contributed by atoms with Crippen LogP contribution in [-0.2, 0) is 9.47 Å². The number of rotatable bonds is 1. The third-order valence-corrected chi connectivity index (χ3v) is 2.39. The predicted molar refractivity (Wildman–Crippen MR) is 58.3 cm³/mol. The van der Waals surface area contributed by atoms with Crippen LogP contribution in [0, 0.1) is 0 Å². The molecule has 15 heavy (non-hydrogen) atoms. The smallest absolute Gasteiger partial charge is 0.410 e. The Morgan fingerprint density at radius 3 is 2.80 bits per heavy atom. The summed E-state index contributed by atoms with van der Waals surface area (Å²) in [5.74, 6) is 0.374. The van der Waals surface area contributed by atoms with E-state index >= 15 is 0 Å². The van der Waals surface area contributed by atoms with Crippen LogP contribution in [0.25, 0.3) is 0 Å². The van der Waals surface area contributed by atoms with Gasteiger partial charge in [0.2, 0.25) is 0 Å². The number of carbonyl (C=O) groups excluding carboxylic acids is 1. The van der Waals surface area contributed by atoms with Gasteiger partial charge < -0.3 is 9.47 Å². The van der Waals surface area contributed by atoms with Gasteiger partial charge in [-0.1, -0.05) is 0 Å². The van der Waals surface area contributed by atoms with Crippen LogP contribution >= 0.6 is 11.6 Å². The second-order valence-corrected chi connectivity index (χ2v) is 4.87. The van der Waals surface area contributed by atoms with Crippen molar-refractivity contribution in [3.63, 3.8) is 0 Å². The molecule has 0 N–H and O–H groups in total. The fourth-order valence-corrected chi connectivity index (χ4v) is 1.60. The number of alkyl halides is 1. The van der Waals surface area contributed by atoms with Crippen LogP contribution in [0.3, 0.4) is 0 Å². The van der Waals surface area contributed by atoms with Crippen molar-refractivity contribution in [2.75, 3.05) is 25.6 Å². The van der Waals surface area contributed by atoms with Gasteiger partial charge in [0.05, 0.1) is 19.3 Å². The number of amides is 1. The number of hydrogen-bond acceptors (Lipinski definition) is 3. The molecule has 0 spiro atoms. The molecule has 5 heteroatoms. The molecule has 4 nitrogen and oxygen atoms in total. The first-order chi connectivity index (χ1) is 6.94. The zero-order valence-electron chi connectivity index (χ0n) is 9.46. The Hall–Kier alpha value is -0.480. The summed E-state index contributed by atoms with van der Waals surface area (Å²) in [5, 5.41) is 0. The Morgan fingerprint density at radius 1 is 1.60 bits per heavy atom. The van der Waals surface area contributed by atoms with Crippen molar-refractivity contribution in [3.8, 4) is 0 Å². The summed E-state index contributed by atoms with van der Waals surface area (Å²) in [5.41, 5.74) is -0.466. The van der Waals surface area contributed by atoms with Gasteiger partial charge in [0.1, 0.15) is 5.60 Å². The molecule has 1 heterocycles. The fourth-order valence-electron chi connectivity index (χ4n) is 1.34. The van der Waals surface area contributed by atoms with E-state index in [2.05, 4.69) is 0 Å². The van der Waals surface area contributed by atoms with Gasteiger partial charge in [0.25, 0.3) is 0 Å². The molecule has 0 unspecified atom stereocenters. The largest absolute Gasteiger partial charge is 0.444 e. The maximum atomic E-state index is 11.8. The van der Waals surface area contributed by atoms with E-state index in [0.717, 1.165) is 0 Å². The molecule has 0 aromatic carbocycles. The van der Waals surface area contributed by atoms with Crippen molar-refractivity contribution >= 4 is 17.7 Å². The summed E-state index contributed by atoms with van der Waals surface area (Å²) in [6, 6.07) is -0.0738. The summed E-state index contributed by atoms with van der Waals surface area (Å²) in [7, 11) is 0. The monoisotopic (exact) mass is 235 g/mol.